The number of hydrogen-bond acceptors (Lipinski definition) is 6. The average molecular weight is 251 g/mol. The van der Waals surface area contributed by atoms with Crippen LogP contribution in [0, 0.1) is 0 Å². The number of ether oxygens (including phenoxy) is 2. The third-order valence-corrected chi connectivity index (χ3v) is 2.80. The van der Waals surface area contributed by atoms with Crippen LogP contribution < -0.4 is 5.73 Å². The zero-order valence-corrected chi connectivity index (χ0v) is 10.4. The van der Waals surface area contributed by atoms with Crippen molar-refractivity contribution in [1.82, 2.24) is 9.97 Å². The van der Waals surface area contributed by atoms with Crippen LogP contribution in [0.3, 0.4) is 0 Å². The fraction of sp³-hybridized carbons (Fsp3) is 0.583. The lowest BCUT2D eigenvalue weighted by atomic mass is 10.2. The molecule has 0 amide bonds. The zero-order valence-electron chi connectivity index (χ0n) is 10.4. The number of nitrogens with two attached hydrogens (primary N) is 1. The third-order valence-electron chi connectivity index (χ3n) is 2.80. The van der Waals surface area contributed by atoms with Gasteiger partial charge in [0.15, 0.2) is 0 Å². The second-order valence-corrected chi connectivity index (χ2v) is 4.14. The number of hydrogen-bond donors (Lipinski definition) is 1. The summed E-state index contributed by atoms with van der Waals surface area (Å²) in [6.07, 6.45) is 4.31. The molecule has 1 atom stereocenters. The Labute approximate surface area is 106 Å². The monoisotopic (exact) mass is 251 g/mol. The minimum absolute atomic E-state index is 0.163. The lowest BCUT2D eigenvalue weighted by Gasteiger charge is -2.09. The highest BCUT2D eigenvalue weighted by Crippen LogP contribution is 2.17. The maximum atomic E-state index is 11.5. The fourth-order valence-corrected chi connectivity index (χ4v) is 1.91. The molecule has 0 aromatic carbocycles. The van der Waals surface area contributed by atoms with Crippen LogP contribution in [0.5, 0.6) is 0 Å². The number of anilines is 1. The maximum Gasteiger partial charge on any atom is 0.343 e. The molecule has 1 aromatic rings. The molecular formula is C12H17N3O3. The lowest BCUT2D eigenvalue weighted by Crippen LogP contribution is -2.15. The van der Waals surface area contributed by atoms with Crippen molar-refractivity contribution in [1.29, 1.82) is 0 Å². The second-order valence-electron chi connectivity index (χ2n) is 4.14. The normalized spacial score (nSPS) is 18.8. The molecule has 2 rings (SSSR count). The molecule has 6 nitrogen and oxygen atoms in total. The Balaban J connectivity index is 2.06. The summed E-state index contributed by atoms with van der Waals surface area (Å²) in [7, 11) is 0. The molecule has 1 aliphatic rings. The van der Waals surface area contributed by atoms with E-state index in [0.717, 1.165) is 19.4 Å². The van der Waals surface area contributed by atoms with E-state index >= 15 is 0 Å². The smallest absolute Gasteiger partial charge is 0.343 e. The largest absolute Gasteiger partial charge is 0.462 e. The second kappa shape index (κ2) is 5.77. The van der Waals surface area contributed by atoms with Gasteiger partial charge >= 0.3 is 5.97 Å². The minimum Gasteiger partial charge on any atom is -0.462 e. The zero-order chi connectivity index (χ0) is 13.0. The molecule has 0 spiro atoms. The fourth-order valence-electron chi connectivity index (χ4n) is 1.91. The molecule has 1 saturated heterocycles. The van der Waals surface area contributed by atoms with Gasteiger partial charge in [-0.15, -0.1) is 0 Å². The topological polar surface area (TPSA) is 87.3 Å². The van der Waals surface area contributed by atoms with Gasteiger partial charge in [-0.2, -0.15) is 0 Å². The summed E-state index contributed by atoms with van der Waals surface area (Å²) >= 11 is 0. The van der Waals surface area contributed by atoms with Gasteiger partial charge in [0.05, 0.1) is 12.7 Å². The quantitative estimate of drug-likeness (QED) is 0.802. The Kier molecular flexibility index (Phi) is 4.09. The van der Waals surface area contributed by atoms with E-state index in [0.29, 0.717) is 18.9 Å². The van der Waals surface area contributed by atoms with E-state index in [9.17, 15) is 4.79 Å². The van der Waals surface area contributed by atoms with Gasteiger partial charge in [-0.25, -0.2) is 14.8 Å². The van der Waals surface area contributed by atoms with Gasteiger partial charge in [0.2, 0.25) is 0 Å². The Morgan fingerprint density at radius 3 is 3.11 bits per heavy atom. The molecule has 18 heavy (non-hydrogen) atoms. The Bertz CT molecular complexity index is 431. The van der Waals surface area contributed by atoms with E-state index in [-0.39, 0.29) is 17.5 Å². The number of rotatable bonds is 4. The van der Waals surface area contributed by atoms with E-state index in [2.05, 4.69) is 9.97 Å². The number of esters is 1. The summed E-state index contributed by atoms with van der Waals surface area (Å²) in [4.78, 5) is 19.8. The summed E-state index contributed by atoms with van der Waals surface area (Å²) in [5.41, 5.74) is 5.95. The molecule has 2 heterocycles. The van der Waals surface area contributed by atoms with Crippen molar-refractivity contribution < 1.29 is 14.3 Å². The highest BCUT2D eigenvalue weighted by molar-refractivity contribution is 5.93. The number of carbonyl (C=O) groups is 1. The number of carbonyl (C=O) groups excluding carboxylic acids is 1. The van der Waals surface area contributed by atoms with Crippen molar-refractivity contribution in [3.63, 3.8) is 0 Å². The van der Waals surface area contributed by atoms with Crippen LogP contribution in [-0.2, 0) is 15.9 Å². The van der Waals surface area contributed by atoms with Crippen LogP contribution in [-0.4, -0.2) is 35.3 Å². The molecule has 1 aliphatic heterocycles. The Morgan fingerprint density at radius 1 is 1.67 bits per heavy atom. The van der Waals surface area contributed by atoms with Crippen molar-refractivity contribution >= 4 is 11.8 Å². The molecule has 0 bridgehead atoms. The average Bonchev–Trinajstić information content (AvgIpc) is 2.82. The molecule has 0 aliphatic carbocycles. The summed E-state index contributed by atoms with van der Waals surface area (Å²) in [6.45, 7) is 2.83. The molecule has 2 N–H and O–H groups in total. The van der Waals surface area contributed by atoms with Crippen molar-refractivity contribution in [2.45, 2.75) is 32.3 Å². The van der Waals surface area contributed by atoms with Crippen molar-refractivity contribution in [3.05, 3.63) is 17.6 Å². The molecule has 0 saturated carbocycles. The van der Waals surface area contributed by atoms with Gasteiger partial charge < -0.3 is 15.2 Å². The molecule has 1 aromatic heterocycles. The molecule has 6 heteroatoms. The molecular weight excluding hydrogens is 234 g/mol. The molecule has 0 radical (unpaired) electrons. The van der Waals surface area contributed by atoms with Gasteiger partial charge in [-0.3, -0.25) is 0 Å². The summed E-state index contributed by atoms with van der Waals surface area (Å²) in [6, 6.07) is 0. The van der Waals surface area contributed by atoms with Gasteiger partial charge in [0.25, 0.3) is 0 Å². The summed E-state index contributed by atoms with van der Waals surface area (Å²) in [5, 5.41) is 0. The Hall–Kier alpha value is -1.69. The predicted molar refractivity (Wildman–Crippen MR) is 65.1 cm³/mol. The molecule has 1 fully saturated rings. The first-order valence-electron chi connectivity index (χ1n) is 6.10. The summed E-state index contributed by atoms with van der Waals surface area (Å²) < 4.78 is 10.4. The Morgan fingerprint density at radius 2 is 2.50 bits per heavy atom. The van der Waals surface area contributed by atoms with Gasteiger partial charge in [-0.1, -0.05) is 0 Å². The molecule has 1 unspecified atom stereocenters. The lowest BCUT2D eigenvalue weighted by molar-refractivity contribution is 0.0526. The minimum atomic E-state index is -0.487. The van der Waals surface area contributed by atoms with Crippen molar-refractivity contribution in [3.8, 4) is 0 Å². The van der Waals surface area contributed by atoms with E-state index < -0.39 is 5.97 Å². The van der Waals surface area contributed by atoms with E-state index in [1.54, 1.807) is 6.92 Å². The predicted octanol–water partition coefficient (Wildman–Crippen LogP) is 0.957. The van der Waals surface area contributed by atoms with Crippen LogP contribution in [0.4, 0.5) is 5.82 Å². The van der Waals surface area contributed by atoms with Crippen LogP contribution in [0.15, 0.2) is 6.20 Å². The van der Waals surface area contributed by atoms with E-state index in [1.165, 1.54) is 6.20 Å². The number of nitrogens with zero attached hydrogens (tertiary/aromatic N) is 2. The van der Waals surface area contributed by atoms with Crippen LogP contribution in [0.25, 0.3) is 0 Å². The number of nitrogen functional groups attached to an aromatic ring is 1. The summed E-state index contributed by atoms with van der Waals surface area (Å²) in [5.74, 6) is 0.280. The van der Waals surface area contributed by atoms with Crippen LogP contribution in [0.2, 0.25) is 0 Å². The van der Waals surface area contributed by atoms with E-state index in [1.807, 2.05) is 0 Å². The van der Waals surface area contributed by atoms with Crippen LogP contribution in [0.1, 0.15) is 35.9 Å². The standard InChI is InChI=1S/C12H17N3O3/c1-2-17-12(16)9-7-14-10(15-11(9)13)6-8-4-3-5-18-8/h7-8H,2-6H2,1H3,(H2,13,14,15). The number of aromatic nitrogens is 2. The third kappa shape index (κ3) is 2.95. The first-order chi connectivity index (χ1) is 8.70. The first kappa shape index (κ1) is 12.8. The first-order valence-corrected chi connectivity index (χ1v) is 6.10. The van der Waals surface area contributed by atoms with Gasteiger partial charge in [0.1, 0.15) is 17.2 Å². The van der Waals surface area contributed by atoms with Gasteiger partial charge in [-0.05, 0) is 19.8 Å². The van der Waals surface area contributed by atoms with E-state index in [4.69, 9.17) is 15.2 Å². The van der Waals surface area contributed by atoms with Crippen LogP contribution >= 0.6 is 0 Å². The highest BCUT2D eigenvalue weighted by Gasteiger charge is 2.19. The molecule has 98 valence electrons. The maximum absolute atomic E-state index is 11.5. The van der Waals surface area contributed by atoms with Crippen molar-refractivity contribution in [2.24, 2.45) is 0 Å². The highest BCUT2D eigenvalue weighted by atomic mass is 16.5. The van der Waals surface area contributed by atoms with Gasteiger partial charge in [0, 0.05) is 19.2 Å². The SMILES string of the molecule is CCOC(=O)c1cnc(CC2CCCO2)nc1N. The van der Waals surface area contributed by atoms with Crippen molar-refractivity contribution in [2.75, 3.05) is 18.9 Å².